The van der Waals surface area contributed by atoms with Gasteiger partial charge in [-0.3, -0.25) is 14.4 Å². The fourth-order valence-electron chi connectivity index (χ4n) is 5.09. The van der Waals surface area contributed by atoms with Gasteiger partial charge in [-0.25, -0.2) is 4.79 Å². The van der Waals surface area contributed by atoms with Gasteiger partial charge < -0.3 is 25.6 Å². The van der Waals surface area contributed by atoms with Crippen molar-refractivity contribution >= 4 is 23.8 Å². The zero-order valence-electron chi connectivity index (χ0n) is 32.3. The number of aliphatic hydroxyl groups excluding tert-OH is 1. The number of carbonyl (C=O) groups excluding carboxylic acids is 3. The number of aliphatic carboxylic acids is 1. The first-order chi connectivity index (χ1) is 25.3. The van der Waals surface area contributed by atoms with Gasteiger partial charge in [0.15, 0.2) is 0 Å². The van der Waals surface area contributed by atoms with Crippen LogP contribution in [0.4, 0.5) is 0 Å². The Kier molecular flexibility index (Phi) is 34.4. The van der Waals surface area contributed by atoms with E-state index in [1.165, 1.54) is 44.9 Å². The Labute approximate surface area is 314 Å². The quantitative estimate of drug-likeness (QED) is 0.0294. The molecule has 0 aromatic rings. The number of hydrogen-bond donors (Lipinski definition) is 4. The van der Waals surface area contributed by atoms with E-state index in [2.05, 4.69) is 73.1 Å². The number of carboxylic acid groups (broad SMARTS) is 1. The molecule has 9 nitrogen and oxygen atoms in total. The van der Waals surface area contributed by atoms with Crippen molar-refractivity contribution in [2.24, 2.45) is 0 Å². The van der Waals surface area contributed by atoms with Gasteiger partial charge in [-0.05, 0) is 89.2 Å². The van der Waals surface area contributed by atoms with Crippen molar-refractivity contribution in [2.45, 2.75) is 161 Å². The molecule has 0 aromatic carbocycles. The molecule has 0 spiro atoms. The van der Waals surface area contributed by atoms with Crippen LogP contribution in [0, 0.1) is 0 Å². The zero-order chi connectivity index (χ0) is 38.3. The number of ether oxygens (including phenoxy) is 1. The van der Waals surface area contributed by atoms with E-state index >= 15 is 0 Å². The first kappa shape index (κ1) is 48.3. The first-order valence-corrected chi connectivity index (χ1v) is 19.9. The Balaban J connectivity index is 4.19. The molecule has 0 aromatic heterocycles. The van der Waals surface area contributed by atoms with Crippen LogP contribution >= 0.6 is 0 Å². The van der Waals surface area contributed by atoms with Gasteiger partial charge in [-0.2, -0.15) is 0 Å². The summed E-state index contributed by atoms with van der Waals surface area (Å²) in [7, 11) is 0. The van der Waals surface area contributed by atoms with E-state index in [0.717, 1.165) is 70.6 Å². The lowest BCUT2D eigenvalue weighted by Gasteiger charge is -2.12. The van der Waals surface area contributed by atoms with E-state index in [9.17, 15) is 19.2 Å². The van der Waals surface area contributed by atoms with E-state index < -0.39 is 30.6 Å². The number of unbranched alkanes of at least 4 members (excludes halogenated alkanes) is 12. The van der Waals surface area contributed by atoms with Crippen LogP contribution in [-0.4, -0.2) is 59.3 Å². The number of esters is 1. The van der Waals surface area contributed by atoms with Gasteiger partial charge in [0.1, 0.15) is 12.1 Å². The van der Waals surface area contributed by atoms with Crippen molar-refractivity contribution in [1.82, 2.24) is 10.6 Å². The van der Waals surface area contributed by atoms with E-state index in [4.69, 9.17) is 14.9 Å². The molecule has 2 atom stereocenters. The van der Waals surface area contributed by atoms with Gasteiger partial charge >= 0.3 is 11.9 Å². The van der Waals surface area contributed by atoms with Crippen molar-refractivity contribution in [3.8, 4) is 0 Å². The molecule has 52 heavy (non-hydrogen) atoms. The molecule has 0 aliphatic rings. The number of hydrogen-bond acceptors (Lipinski definition) is 6. The zero-order valence-corrected chi connectivity index (χ0v) is 32.3. The van der Waals surface area contributed by atoms with Crippen LogP contribution < -0.4 is 10.6 Å². The monoisotopic (exact) mass is 727 g/mol. The van der Waals surface area contributed by atoms with Crippen molar-refractivity contribution in [3.63, 3.8) is 0 Å². The molecule has 4 N–H and O–H groups in total. The molecule has 0 heterocycles. The lowest BCUT2D eigenvalue weighted by atomic mass is 10.1. The summed E-state index contributed by atoms with van der Waals surface area (Å²) < 4.78 is 5.76. The molecule has 0 fully saturated rings. The average molecular weight is 727 g/mol. The molecule has 0 saturated carbocycles. The Morgan fingerprint density at radius 3 is 1.75 bits per heavy atom. The highest BCUT2D eigenvalue weighted by atomic mass is 16.5. The highest BCUT2D eigenvalue weighted by molar-refractivity contribution is 5.87. The van der Waals surface area contributed by atoms with Gasteiger partial charge in [0.05, 0.1) is 13.2 Å². The summed E-state index contributed by atoms with van der Waals surface area (Å²) in [5.41, 5.74) is 0. The smallest absolute Gasteiger partial charge is 0.328 e. The van der Waals surface area contributed by atoms with Gasteiger partial charge in [0.2, 0.25) is 11.8 Å². The largest absolute Gasteiger partial charge is 0.480 e. The minimum Gasteiger partial charge on any atom is -0.480 e. The van der Waals surface area contributed by atoms with Crippen LogP contribution in [0.15, 0.2) is 72.9 Å². The molecule has 0 aliphatic carbocycles. The minimum absolute atomic E-state index is 0.180. The maximum absolute atomic E-state index is 12.6. The summed E-state index contributed by atoms with van der Waals surface area (Å²) in [6.07, 6.45) is 45.6. The fraction of sp³-hybridized carbons (Fsp3) is 0.628. The first-order valence-electron chi connectivity index (χ1n) is 19.9. The van der Waals surface area contributed by atoms with Gasteiger partial charge in [-0.1, -0.05) is 120 Å². The number of nitrogens with one attached hydrogen (secondary N) is 2. The maximum atomic E-state index is 12.6. The predicted molar refractivity (Wildman–Crippen MR) is 213 cm³/mol. The second-order valence-electron chi connectivity index (χ2n) is 13.0. The lowest BCUT2D eigenvalue weighted by molar-refractivity contribution is -0.145. The highest BCUT2D eigenvalue weighted by Gasteiger charge is 2.18. The highest BCUT2D eigenvalue weighted by Crippen LogP contribution is 2.12. The van der Waals surface area contributed by atoms with Crippen LogP contribution in [0.3, 0.4) is 0 Å². The third-order valence-corrected chi connectivity index (χ3v) is 8.15. The van der Waals surface area contributed by atoms with Crippen LogP contribution in [0.5, 0.6) is 0 Å². The summed E-state index contributed by atoms with van der Waals surface area (Å²) in [6.45, 7) is 3.25. The molecule has 2 amide bonds. The van der Waals surface area contributed by atoms with Crippen molar-refractivity contribution in [3.05, 3.63) is 72.9 Å². The van der Waals surface area contributed by atoms with Gasteiger partial charge in [-0.15, -0.1) is 0 Å². The topological polar surface area (TPSA) is 142 Å². The lowest BCUT2D eigenvalue weighted by Crippen LogP contribution is -2.47. The van der Waals surface area contributed by atoms with E-state index in [1.807, 2.05) is 24.3 Å². The van der Waals surface area contributed by atoms with Crippen LogP contribution in [0.25, 0.3) is 0 Å². The maximum Gasteiger partial charge on any atom is 0.328 e. The third kappa shape index (κ3) is 33.4. The molecule has 0 radical (unpaired) electrons. The molecule has 0 saturated heterocycles. The molecule has 294 valence electrons. The summed E-state index contributed by atoms with van der Waals surface area (Å²) >= 11 is 0. The summed E-state index contributed by atoms with van der Waals surface area (Å²) in [4.78, 5) is 47.2. The Morgan fingerprint density at radius 1 is 0.596 bits per heavy atom. The van der Waals surface area contributed by atoms with E-state index in [-0.39, 0.29) is 24.8 Å². The van der Waals surface area contributed by atoms with Crippen LogP contribution in [-0.2, 0) is 23.9 Å². The normalized spacial score (nSPS) is 13.3. The number of allylic oxidation sites excluding steroid dienone is 10. The standard InChI is InChI=1S/C43H70N2O7/c1-3-5-7-9-10-11-12-13-14-15-16-17-18-19-20-21-22-27-31-35-42(49)52-38(32-28-24-8-6-4-2)33-29-25-23-26-30-34-40(47)44-36-41(48)45-39(37-46)43(50)51/h6,8,10-11,13-14,16-17,28-29,32-33,38-39,46H,3-5,7,9,12,15,18-27,30-31,34-37H2,1-2H3,(H,44,47)(H,45,48)(H,50,51)/b8-6-,11-10-,14-13-,17-16-,32-28-,33-29-. The number of rotatable bonds is 34. The molecular formula is C43H70N2O7. The third-order valence-electron chi connectivity index (χ3n) is 8.15. The minimum atomic E-state index is -1.40. The SMILES string of the molecule is CC/C=C\C/C=C\C(/C=C\CCCCCC(=O)NCC(=O)NC(CO)C(=O)O)OC(=O)CCCCCCCC/C=C\C/C=C\C/C=C\CCCCC. The van der Waals surface area contributed by atoms with Crippen molar-refractivity contribution < 1.29 is 34.1 Å². The molecule has 9 heteroatoms. The van der Waals surface area contributed by atoms with E-state index in [0.29, 0.717) is 12.8 Å². The van der Waals surface area contributed by atoms with Gasteiger partial charge in [0, 0.05) is 12.8 Å². The Bertz CT molecular complexity index is 1110. The average Bonchev–Trinajstić information content (AvgIpc) is 3.13. The number of aliphatic hydroxyl groups is 1. The van der Waals surface area contributed by atoms with Crippen LogP contribution in [0.1, 0.15) is 149 Å². The second-order valence-corrected chi connectivity index (χ2v) is 13.0. The fourth-order valence-corrected chi connectivity index (χ4v) is 5.09. The molecular weight excluding hydrogens is 656 g/mol. The summed E-state index contributed by atoms with van der Waals surface area (Å²) in [5.74, 6) is -2.50. The Hall–Kier alpha value is -3.72. The second kappa shape index (κ2) is 37.1. The number of amides is 2. The summed E-state index contributed by atoms with van der Waals surface area (Å²) in [6, 6.07) is -1.40. The van der Waals surface area contributed by atoms with Crippen LogP contribution in [0.2, 0.25) is 0 Å². The Morgan fingerprint density at radius 2 is 1.12 bits per heavy atom. The molecule has 0 bridgehead atoms. The number of carboxylic acids is 1. The van der Waals surface area contributed by atoms with Gasteiger partial charge in [0.25, 0.3) is 0 Å². The number of carbonyl (C=O) groups is 4. The molecule has 0 aliphatic heterocycles. The van der Waals surface area contributed by atoms with Crippen molar-refractivity contribution in [2.75, 3.05) is 13.2 Å². The molecule has 0 rings (SSSR count). The molecule has 2 unspecified atom stereocenters. The van der Waals surface area contributed by atoms with Crippen molar-refractivity contribution in [1.29, 1.82) is 0 Å². The predicted octanol–water partition coefficient (Wildman–Crippen LogP) is 9.15. The summed E-state index contributed by atoms with van der Waals surface area (Å²) in [5, 5.41) is 22.4. The van der Waals surface area contributed by atoms with E-state index in [1.54, 1.807) is 0 Å².